The molecular formula is C35H59NO5. The molecule has 6 heteroatoms. The van der Waals surface area contributed by atoms with E-state index in [4.69, 9.17) is 9.84 Å². The maximum absolute atomic E-state index is 12.5. The van der Waals surface area contributed by atoms with Crippen molar-refractivity contribution in [3.8, 4) is 0 Å². The summed E-state index contributed by atoms with van der Waals surface area (Å²) in [5.41, 5.74) is 0. The number of ether oxygens (including phenoxy) is 1. The lowest BCUT2D eigenvalue weighted by Crippen LogP contribution is -2.28. The number of aliphatic carboxylic acids is 1. The number of esters is 1. The first kappa shape index (κ1) is 38.4. The second-order valence-electron chi connectivity index (χ2n) is 10.7. The van der Waals surface area contributed by atoms with Gasteiger partial charge in [-0.2, -0.15) is 0 Å². The van der Waals surface area contributed by atoms with E-state index in [9.17, 15) is 14.4 Å². The molecule has 1 atom stereocenters. The van der Waals surface area contributed by atoms with Gasteiger partial charge in [0.05, 0.1) is 0 Å². The highest BCUT2D eigenvalue weighted by Crippen LogP contribution is 2.12. The van der Waals surface area contributed by atoms with Crippen molar-refractivity contribution in [2.45, 2.75) is 148 Å². The molecule has 0 aliphatic carbocycles. The van der Waals surface area contributed by atoms with Crippen LogP contribution in [0.4, 0.5) is 0 Å². The van der Waals surface area contributed by atoms with Crippen molar-refractivity contribution in [1.82, 2.24) is 5.32 Å². The molecule has 0 bridgehead atoms. The van der Waals surface area contributed by atoms with E-state index >= 15 is 0 Å². The minimum atomic E-state index is -1.04. The minimum absolute atomic E-state index is 0.150. The number of allylic oxidation sites excluding steroid dienone is 6. The molecule has 0 saturated heterocycles. The first-order valence-electron chi connectivity index (χ1n) is 16.3. The Morgan fingerprint density at radius 2 is 1.22 bits per heavy atom. The van der Waals surface area contributed by atoms with E-state index in [2.05, 4.69) is 43.5 Å². The first-order chi connectivity index (χ1) is 20.0. The van der Waals surface area contributed by atoms with Crippen LogP contribution in [0.25, 0.3) is 0 Å². The maximum Gasteiger partial charge on any atom is 0.322 e. The van der Waals surface area contributed by atoms with Crippen molar-refractivity contribution in [2.75, 3.05) is 6.54 Å². The second kappa shape index (κ2) is 30.3. The molecule has 1 unspecified atom stereocenters. The lowest BCUT2D eigenvalue weighted by molar-refractivity contribution is -0.145. The summed E-state index contributed by atoms with van der Waals surface area (Å²) in [6.07, 6.45) is 37.0. The standard InChI is InChI=1S/C35H59NO5/c1-3-5-7-9-10-11-12-13-14-15-16-17-22-26-30-35(40)41-32(27-23-19-8-6-4-2)28-24-20-18-21-25-29-33(37)36-31-34(38)39/h6,8,12-13,23-24,27-28,32H,3-5,7,9-11,14-22,25-26,29-31H2,1-2H3,(H,36,37)(H,38,39)/b8-6-,13-12-,27-23-,28-24-. The van der Waals surface area contributed by atoms with Gasteiger partial charge in [0.25, 0.3) is 0 Å². The Labute approximate surface area is 250 Å². The van der Waals surface area contributed by atoms with Gasteiger partial charge in [-0.25, -0.2) is 0 Å². The topological polar surface area (TPSA) is 92.7 Å². The number of amides is 1. The zero-order valence-corrected chi connectivity index (χ0v) is 26.1. The molecule has 0 aromatic carbocycles. The molecule has 0 aromatic rings. The number of hydrogen-bond acceptors (Lipinski definition) is 4. The van der Waals surface area contributed by atoms with Gasteiger partial charge in [0.15, 0.2) is 0 Å². The van der Waals surface area contributed by atoms with Crippen LogP contribution < -0.4 is 5.32 Å². The van der Waals surface area contributed by atoms with Crippen molar-refractivity contribution >= 4 is 17.8 Å². The molecule has 41 heavy (non-hydrogen) atoms. The second-order valence-corrected chi connectivity index (χ2v) is 10.7. The van der Waals surface area contributed by atoms with Gasteiger partial charge in [-0.1, -0.05) is 102 Å². The largest absolute Gasteiger partial charge is 0.480 e. The number of carboxylic acid groups (broad SMARTS) is 1. The molecule has 0 rings (SSSR count). The fourth-order valence-corrected chi connectivity index (χ4v) is 4.29. The zero-order valence-electron chi connectivity index (χ0n) is 26.1. The highest BCUT2D eigenvalue weighted by molar-refractivity contribution is 5.80. The highest BCUT2D eigenvalue weighted by atomic mass is 16.5. The predicted octanol–water partition coefficient (Wildman–Crippen LogP) is 9.17. The molecule has 2 N–H and O–H groups in total. The zero-order chi connectivity index (χ0) is 30.2. The van der Waals surface area contributed by atoms with Crippen molar-refractivity contribution in [3.63, 3.8) is 0 Å². The molecule has 1 amide bonds. The number of carboxylic acids is 1. The summed E-state index contributed by atoms with van der Waals surface area (Å²) >= 11 is 0. The fraction of sp³-hybridized carbons (Fsp3) is 0.686. The van der Waals surface area contributed by atoms with Gasteiger partial charge in [0.1, 0.15) is 12.6 Å². The van der Waals surface area contributed by atoms with Crippen LogP contribution in [0, 0.1) is 0 Å². The van der Waals surface area contributed by atoms with E-state index in [1.165, 1.54) is 51.4 Å². The van der Waals surface area contributed by atoms with Crippen LogP contribution in [0.3, 0.4) is 0 Å². The average Bonchev–Trinajstić information content (AvgIpc) is 2.95. The Bertz CT molecular complexity index is 769. The van der Waals surface area contributed by atoms with Crippen molar-refractivity contribution in [3.05, 3.63) is 48.6 Å². The van der Waals surface area contributed by atoms with E-state index in [1.54, 1.807) is 0 Å². The minimum Gasteiger partial charge on any atom is -0.480 e. The number of rotatable bonds is 28. The van der Waals surface area contributed by atoms with E-state index in [1.807, 2.05) is 24.3 Å². The summed E-state index contributed by atoms with van der Waals surface area (Å²) in [4.78, 5) is 34.5. The van der Waals surface area contributed by atoms with Crippen LogP contribution in [0.1, 0.15) is 142 Å². The molecule has 0 aromatic heterocycles. The number of nitrogens with one attached hydrogen (secondary N) is 1. The van der Waals surface area contributed by atoms with Gasteiger partial charge in [0.2, 0.25) is 5.91 Å². The van der Waals surface area contributed by atoms with Crippen molar-refractivity contribution in [2.24, 2.45) is 0 Å². The van der Waals surface area contributed by atoms with Gasteiger partial charge >= 0.3 is 11.9 Å². The smallest absolute Gasteiger partial charge is 0.322 e. The van der Waals surface area contributed by atoms with Crippen molar-refractivity contribution < 1.29 is 24.2 Å². The van der Waals surface area contributed by atoms with Gasteiger partial charge < -0.3 is 15.2 Å². The van der Waals surface area contributed by atoms with Gasteiger partial charge in [-0.3, -0.25) is 14.4 Å². The third kappa shape index (κ3) is 30.2. The van der Waals surface area contributed by atoms with Crippen LogP contribution in [0.5, 0.6) is 0 Å². The lowest BCUT2D eigenvalue weighted by Gasteiger charge is -2.11. The fourth-order valence-electron chi connectivity index (χ4n) is 4.29. The average molecular weight is 574 g/mol. The van der Waals surface area contributed by atoms with E-state index in [0.29, 0.717) is 12.8 Å². The number of unbranched alkanes of at least 4 members (excludes halogenated alkanes) is 13. The molecule has 0 heterocycles. The third-order valence-corrected chi connectivity index (χ3v) is 6.70. The lowest BCUT2D eigenvalue weighted by atomic mass is 10.1. The molecule has 0 aliphatic heterocycles. The normalized spacial score (nSPS) is 12.6. The number of carbonyl (C=O) groups excluding carboxylic acids is 2. The molecule has 0 radical (unpaired) electrons. The van der Waals surface area contributed by atoms with E-state index in [0.717, 1.165) is 64.2 Å². The van der Waals surface area contributed by atoms with E-state index in [-0.39, 0.29) is 24.5 Å². The Balaban J connectivity index is 4.15. The van der Waals surface area contributed by atoms with Crippen LogP contribution in [0.15, 0.2) is 48.6 Å². The predicted molar refractivity (Wildman–Crippen MR) is 171 cm³/mol. The van der Waals surface area contributed by atoms with Gasteiger partial charge in [-0.05, 0) is 76.4 Å². The summed E-state index contributed by atoms with van der Waals surface area (Å²) in [7, 11) is 0. The summed E-state index contributed by atoms with van der Waals surface area (Å²) in [6.45, 7) is 4.02. The molecule has 0 saturated carbocycles. The Morgan fingerprint density at radius 3 is 1.88 bits per heavy atom. The SMILES string of the molecule is CC/C=C\C/C=C\C(/C=C\CCCCCC(=O)NCC(=O)O)OC(=O)CCCCCCC/C=C\CCCCCCC. The van der Waals surface area contributed by atoms with E-state index < -0.39 is 5.97 Å². The van der Waals surface area contributed by atoms with Crippen LogP contribution >= 0.6 is 0 Å². The maximum atomic E-state index is 12.5. The molecule has 0 aliphatic rings. The third-order valence-electron chi connectivity index (χ3n) is 6.70. The summed E-state index contributed by atoms with van der Waals surface area (Å²) in [6, 6.07) is 0. The highest BCUT2D eigenvalue weighted by Gasteiger charge is 2.08. The van der Waals surface area contributed by atoms with Gasteiger partial charge in [-0.15, -0.1) is 0 Å². The molecule has 234 valence electrons. The molecule has 6 nitrogen and oxygen atoms in total. The number of hydrogen-bond donors (Lipinski definition) is 2. The number of carbonyl (C=O) groups is 3. The van der Waals surface area contributed by atoms with Crippen LogP contribution in [-0.2, 0) is 19.1 Å². The Morgan fingerprint density at radius 1 is 0.659 bits per heavy atom. The first-order valence-corrected chi connectivity index (χ1v) is 16.3. The Kier molecular flexibility index (Phi) is 28.4. The molecule has 0 fully saturated rings. The summed E-state index contributed by atoms with van der Waals surface area (Å²) in [5.74, 6) is -1.41. The van der Waals surface area contributed by atoms with Crippen LogP contribution in [-0.4, -0.2) is 35.6 Å². The molecular weight excluding hydrogens is 514 g/mol. The summed E-state index contributed by atoms with van der Waals surface area (Å²) < 4.78 is 5.73. The van der Waals surface area contributed by atoms with Gasteiger partial charge in [0, 0.05) is 12.8 Å². The van der Waals surface area contributed by atoms with Crippen LogP contribution in [0.2, 0.25) is 0 Å². The van der Waals surface area contributed by atoms with Crippen molar-refractivity contribution in [1.29, 1.82) is 0 Å². The Hall–Kier alpha value is -2.63. The monoisotopic (exact) mass is 573 g/mol. The quantitative estimate of drug-likeness (QED) is 0.0553. The molecule has 0 spiro atoms. The summed E-state index contributed by atoms with van der Waals surface area (Å²) in [5, 5.41) is 11.0.